The van der Waals surface area contributed by atoms with Crippen molar-refractivity contribution in [2.24, 2.45) is 0 Å². The summed E-state index contributed by atoms with van der Waals surface area (Å²) < 4.78 is 18.8. The molecule has 0 spiro atoms. The van der Waals surface area contributed by atoms with Crippen LogP contribution in [0.2, 0.25) is 0 Å². The van der Waals surface area contributed by atoms with Crippen molar-refractivity contribution in [3.63, 3.8) is 0 Å². The maximum atomic E-state index is 13.4. The van der Waals surface area contributed by atoms with Crippen LogP contribution in [0, 0.1) is 26.6 Å². The van der Waals surface area contributed by atoms with Gasteiger partial charge in [0.1, 0.15) is 17.3 Å². The molecule has 4 heteroatoms. The van der Waals surface area contributed by atoms with E-state index in [2.05, 4.69) is 5.32 Å². The zero-order chi connectivity index (χ0) is 14.0. The molecule has 1 aromatic heterocycles. The molecule has 0 fully saturated rings. The number of rotatable bonds is 3. The first-order chi connectivity index (χ1) is 9.00. The van der Waals surface area contributed by atoms with Crippen LogP contribution in [0.4, 0.5) is 4.39 Å². The first-order valence-corrected chi connectivity index (χ1v) is 6.09. The van der Waals surface area contributed by atoms with Gasteiger partial charge < -0.3 is 9.73 Å². The van der Waals surface area contributed by atoms with E-state index in [1.165, 1.54) is 6.07 Å². The van der Waals surface area contributed by atoms with Gasteiger partial charge in [-0.2, -0.15) is 0 Å². The van der Waals surface area contributed by atoms with Gasteiger partial charge in [-0.25, -0.2) is 4.39 Å². The quantitative estimate of drug-likeness (QED) is 0.921. The number of benzene rings is 1. The second kappa shape index (κ2) is 5.26. The smallest absolute Gasteiger partial charge is 0.255 e. The Kier molecular flexibility index (Phi) is 3.69. The molecule has 0 saturated heterocycles. The molecule has 100 valence electrons. The van der Waals surface area contributed by atoms with Crippen LogP contribution in [-0.2, 0) is 6.54 Å². The molecule has 0 unspecified atom stereocenters. The lowest BCUT2D eigenvalue weighted by molar-refractivity contribution is 0.0948. The molecule has 0 atom stereocenters. The number of halogens is 1. The van der Waals surface area contributed by atoms with Gasteiger partial charge in [-0.05, 0) is 26.8 Å². The fourth-order valence-electron chi connectivity index (χ4n) is 2.03. The summed E-state index contributed by atoms with van der Waals surface area (Å²) in [5.41, 5.74) is 1.82. The molecule has 1 amide bonds. The van der Waals surface area contributed by atoms with Gasteiger partial charge in [-0.3, -0.25) is 4.79 Å². The second-order valence-electron chi connectivity index (χ2n) is 4.49. The van der Waals surface area contributed by atoms with E-state index in [9.17, 15) is 9.18 Å². The maximum Gasteiger partial charge on any atom is 0.255 e. The lowest BCUT2D eigenvalue weighted by Gasteiger charge is -2.06. The molecule has 0 aliphatic rings. The van der Waals surface area contributed by atoms with E-state index in [-0.39, 0.29) is 18.3 Å². The molecular weight excluding hydrogens is 245 g/mol. The average Bonchev–Trinajstić information content (AvgIpc) is 2.62. The van der Waals surface area contributed by atoms with Crippen molar-refractivity contribution >= 4 is 5.91 Å². The summed E-state index contributed by atoms with van der Waals surface area (Å²) in [7, 11) is 0. The Balaban J connectivity index is 2.12. The highest BCUT2D eigenvalue weighted by Crippen LogP contribution is 2.20. The Hall–Kier alpha value is -2.10. The lowest BCUT2D eigenvalue weighted by Crippen LogP contribution is -2.24. The van der Waals surface area contributed by atoms with Crippen LogP contribution in [0.25, 0.3) is 0 Å². The molecule has 1 N–H and O–H groups in total. The van der Waals surface area contributed by atoms with Gasteiger partial charge >= 0.3 is 0 Å². The first kappa shape index (κ1) is 13.3. The number of nitrogens with one attached hydrogen (secondary N) is 1. The van der Waals surface area contributed by atoms with Gasteiger partial charge in [0, 0.05) is 17.7 Å². The average molecular weight is 261 g/mol. The number of aryl methyl sites for hydroxylation is 2. The summed E-state index contributed by atoms with van der Waals surface area (Å²) in [6.07, 6.45) is 0. The van der Waals surface area contributed by atoms with E-state index < -0.39 is 0 Å². The van der Waals surface area contributed by atoms with Crippen LogP contribution in [-0.4, -0.2) is 5.91 Å². The molecule has 0 bridgehead atoms. The fourth-order valence-corrected chi connectivity index (χ4v) is 2.03. The third-order valence-electron chi connectivity index (χ3n) is 3.19. The Morgan fingerprint density at radius 3 is 2.47 bits per heavy atom. The number of carbonyl (C=O) groups is 1. The second-order valence-corrected chi connectivity index (χ2v) is 4.49. The molecule has 0 radical (unpaired) electrons. The van der Waals surface area contributed by atoms with Crippen molar-refractivity contribution < 1.29 is 13.6 Å². The highest BCUT2D eigenvalue weighted by Gasteiger charge is 2.18. The fraction of sp³-hybridized carbons (Fsp3) is 0.267. The molecule has 1 heterocycles. The molecule has 1 aromatic carbocycles. The van der Waals surface area contributed by atoms with Gasteiger partial charge in [0.15, 0.2) is 0 Å². The van der Waals surface area contributed by atoms with E-state index in [1.54, 1.807) is 25.1 Å². The Morgan fingerprint density at radius 2 is 1.89 bits per heavy atom. The van der Waals surface area contributed by atoms with Crippen LogP contribution < -0.4 is 5.32 Å². The third-order valence-corrected chi connectivity index (χ3v) is 3.19. The molecule has 2 rings (SSSR count). The Labute approximate surface area is 111 Å². The zero-order valence-electron chi connectivity index (χ0n) is 11.2. The van der Waals surface area contributed by atoms with Crippen molar-refractivity contribution in [3.05, 3.63) is 58.3 Å². The highest BCUT2D eigenvalue weighted by molar-refractivity contribution is 5.96. The van der Waals surface area contributed by atoms with Crippen LogP contribution >= 0.6 is 0 Å². The monoisotopic (exact) mass is 261 g/mol. The van der Waals surface area contributed by atoms with Gasteiger partial charge in [0.05, 0.1) is 5.56 Å². The van der Waals surface area contributed by atoms with Crippen LogP contribution in [0.3, 0.4) is 0 Å². The summed E-state index contributed by atoms with van der Waals surface area (Å²) in [6.45, 7) is 5.56. The molecule has 0 aliphatic carbocycles. The molecule has 0 saturated carbocycles. The Morgan fingerprint density at radius 1 is 1.21 bits per heavy atom. The SMILES string of the molecule is Cc1oc(C)c(C(=O)NCc2ccccc2F)c1C. The predicted octanol–water partition coefficient (Wildman–Crippen LogP) is 3.27. The molecule has 0 aliphatic heterocycles. The van der Waals surface area contributed by atoms with Gasteiger partial charge in [-0.1, -0.05) is 18.2 Å². The summed E-state index contributed by atoms with van der Waals surface area (Å²) in [4.78, 5) is 12.1. The largest absolute Gasteiger partial charge is 0.466 e. The summed E-state index contributed by atoms with van der Waals surface area (Å²) >= 11 is 0. The number of hydrogen-bond acceptors (Lipinski definition) is 2. The van der Waals surface area contributed by atoms with Crippen LogP contribution in [0.1, 0.15) is 33.0 Å². The number of carbonyl (C=O) groups excluding carboxylic acids is 1. The third kappa shape index (κ3) is 2.67. The van der Waals surface area contributed by atoms with Crippen molar-refractivity contribution in [3.8, 4) is 0 Å². The lowest BCUT2D eigenvalue weighted by atomic mass is 10.1. The summed E-state index contributed by atoms with van der Waals surface area (Å²) in [5, 5.41) is 2.71. The topological polar surface area (TPSA) is 42.2 Å². The van der Waals surface area contributed by atoms with E-state index in [4.69, 9.17) is 4.42 Å². The minimum absolute atomic E-state index is 0.161. The number of amides is 1. The standard InChI is InChI=1S/C15H16FNO2/c1-9-10(2)19-11(3)14(9)15(18)17-8-12-6-4-5-7-13(12)16/h4-7H,8H2,1-3H3,(H,17,18). The first-order valence-electron chi connectivity index (χ1n) is 6.09. The molecule has 3 nitrogen and oxygen atoms in total. The van der Waals surface area contributed by atoms with E-state index >= 15 is 0 Å². The number of furan rings is 1. The van der Waals surface area contributed by atoms with E-state index in [0.29, 0.717) is 16.9 Å². The van der Waals surface area contributed by atoms with Crippen molar-refractivity contribution in [2.45, 2.75) is 27.3 Å². The van der Waals surface area contributed by atoms with Crippen molar-refractivity contribution in [1.29, 1.82) is 0 Å². The highest BCUT2D eigenvalue weighted by atomic mass is 19.1. The van der Waals surface area contributed by atoms with Gasteiger partial charge in [0.2, 0.25) is 0 Å². The van der Waals surface area contributed by atoms with Crippen LogP contribution in [0.5, 0.6) is 0 Å². The summed E-state index contributed by atoms with van der Waals surface area (Å²) in [5.74, 6) is 0.754. The summed E-state index contributed by atoms with van der Waals surface area (Å²) in [6, 6.07) is 6.38. The molecule has 19 heavy (non-hydrogen) atoms. The Bertz CT molecular complexity index is 617. The van der Waals surface area contributed by atoms with Gasteiger partial charge in [-0.15, -0.1) is 0 Å². The van der Waals surface area contributed by atoms with Crippen molar-refractivity contribution in [2.75, 3.05) is 0 Å². The van der Waals surface area contributed by atoms with Crippen LogP contribution in [0.15, 0.2) is 28.7 Å². The molecular formula is C15H16FNO2. The maximum absolute atomic E-state index is 13.4. The molecule has 2 aromatic rings. The number of hydrogen-bond donors (Lipinski definition) is 1. The van der Waals surface area contributed by atoms with Gasteiger partial charge in [0.25, 0.3) is 5.91 Å². The normalized spacial score (nSPS) is 10.5. The minimum Gasteiger partial charge on any atom is -0.466 e. The predicted molar refractivity (Wildman–Crippen MR) is 70.5 cm³/mol. The zero-order valence-corrected chi connectivity index (χ0v) is 11.2. The minimum atomic E-state index is -0.320. The van der Waals surface area contributed by atoms with E-state index in [1.807, 2.05) is 13.8 Å². The van der Waals surface area contributed by atoms with E-state index in [0.717, 1.165) is 11.3 Å². The van der Waals surface area contributed by atoms with Crippen molar-refractivity contribution in [1.82, 2.24) is 5.32 Å².